The fourth-order valence-corrected chi connectivity index (χ4v) is 1.99. The van der Waals surface area contributed by atoms with Crippen molar-refractivity contribution in [1.82, 2.24) is 0 Å². The lowest BCUT2D eigenvalue weighted by Crippen LogP contribution is -2.52. The summed E-state index contributed by atoms with van der Waals surface area (Å²) >= 11 is 0. The predicted molar refractivity (Wildman–Crippen MR) is 50.4 cm³/mol. The molecule has 3 heteroatoms. The minimum atomic E-state index is -0.720. The zero-order valence-corrected chi connectivity index (χ0v) is 8.60. The number of rotatable bonds is 2. The van der Waals surface area contributed by atoms with Crippen LogP contribution in [0.1, 0.15) is 33.6 Å². The molecule has 2 N–H and O–H groups in total. The van der Waals surface area contributed by atoms with Crippen LogP contribution in [0.5, 0.6) is 0 Å². The SMILES string of the molecule is CCC1O[C@@H](CC)[C@H](C)C(O)[C@H]1O. The van der Waals surface area contributed by atoms with Crippen LogP contribution in [0.15, 0.2) is 0 Å². The fraction of sp³-hybridized carbons (Fsp3) is 1.00. The standard InChI is InChI=1S/C10H20O3/c1-4-7-6(3)9(11)10(12)8(5-2)13-7/h6-12H,4-5H2,1-3H3/t6-,7-,8?,9?,10-/m0/s1. The first-order chi connectivity index (χ1) is 6.11. The summed E-state index contributed by atoms with van der Waals surface area (Å²) in [5.74, 6) is 0.0304. The van der Waals surface area contributed by atoms with Crippen molar-refractivity contribution in [2.45, 2.75) is 58.0 Å². The van der Waals surface area contributed by atoms with Crippen molar-refractivity contribution in [3.63, 3.8) is 0 Å². The number of aliphatic hydroxyl groups excluding tert-OH is 2. The van der Waals surface area contributed by atoms with Crippen LogP contribution in [-0.2, 0) is 4.74 Å². The lowest BCUT2D eigenvalue weighted by molar-refractivity contribution is -0.196. The average molecular weight is 188 g/mol. The molecule has 78 valence electrons. The molecule has 1 heterocycles. The third-order valence-corrected chi connectivity index (χ3v) is 3.01. The van der Waals surface area contributed by atoms with E-state index in [1.807, 2.05) is 20.8 Å². The molecule has 0 amide bonds. The van der Waals surface area contributed by atoms with Gasteiger partial charge in [-0.25, -0.2) is 0 Å². The predicted octanol–water partition coefficient (Wildman–Crippen LogP) is 0.932. The highest BCUT2D eigenvalue weighted by Gasteiger charge is 2.40. The van der Waals surface area contributed by atoms with Crippen LogP contribution in [0.4, 0.5) is 0 Å². The molecular weight excluding hydrogens is 168 g/mol. The molecule has 0 aromatic rings. The van der Waals surface area contributed by atoms with Gasteiger partial charge in [0.05, 0.1) is 18.3 Å². The van der Waals surface area contributed by atoms with E-state index < -0.39 is 12.2 Å². The third-order valence-electron chi connectivity index (χ3n) is 3.01. The molecule has 1 aliphatic heterocycles. The average Bonchev–Trinajstić information content (AvgIpc) is 2.15. The maximum absolute atomic E-state index is 9.72. The molecular formula is C10H20O3. The molecule has 0 aromatic carbocycles. The van der Waals surface area contributed by atoms with Gasteiger partial charge in [-0.1, -0.05) is 20.8 Å². The summed E-state index contributed by atoms with van der Waals surface area (Å²) in [6.07, 6.45) is 0.175. The number of hydrogen-bond acceptors (Lipinski definition) is 3. The van der Waals surface area contributed by atoms with Crippen molar-refractivity contribution in [2.24, 2.45) is 5.92 Å². The van der Waals surface area contributed by atoms with Crippen molar-refractivity contribution in [3.8, 4) is 0 Å². The molecule has 3 nitrogen and oxygen atoms in total. The molecule has 0 aromatic heterocycles. The Bertz CT molecular complexity index is 140. The molecule has 2 unspecified atom stereocenters. The van der Waals surface area contributed by atoms with Crippen molar-refractivity contribution < 1.29 is 14.9 Å². The summed E-state index contributed by atoms with van der Waals surface area (Å²) in [5.41, 5.74) is 0. The van der Waals surface area contributed by atoms with E-state index in [1.54, 1.807) is 0 Å². The van der Waals surface area contributed by atoms with E-state index >= 15 is 0 Å². The molecule has 1 saturated heterocycles. The molecule has 1 rings (SSSR count). The molecule has 0 radical (unpaired) electrons. The van der Waals surface area contributed by atoms with Crippen LogP contribution in [0.3, 0.4) is 0 Å². The second-order valence-corrected chi connectivity index (χ2v) is 3.87. The molecule has 0 saturated carbocycles. The molecule has 5 atom stereocenters. The molecule has 1 aliphatic rings. The van der Waals surface area contributed by atoms with Gasteiger partial charge in [0.25, 0.3) is 0 Å². The van der Waals surface area contributed by atoms with E-state index in [-0.39, 0.29) is 18.1 Å². The Kier molecular flexibility index (Phi) is 3.71. The van der Waals surface area contributed by atoms with E-state index in [1.165, 1.54) is 0 Å². The molecule has 1 fully saturated rings. The maximum Gasteiger partial charge on any atom is 0.106 e. The van der Waals surface area contributed by atoms with Gasteiger partial charge in [-0.3, -0.25) is 0 Å². The largest absolute Gasteiger partial charge is 0.390 e. The van der Waals surface area contributed by atoms with Crippen LogP contribution in [0, 0.1) is 5.92 Å². The Balaban J connectivity index is 2.66. The smallest absolute Gasteiger partial charge is 0.106 e. The first kappa shape index (κ1) is 11.0. The second-order valence-electron chi connectivity index (χ2n) is 3.87. The monoisotopic (exact) mass is 188 g/mol. The fourth-order valence-electron chi connectivity index (χ4n) is 1.99. The lowest BCUT2D eigenvalue weighted by Gasteiger charge is -2.41. The Morgan fingerprint density at radius 2 is 1.54 bits per heavy atom. The Hall–Kier alpha value is -0.120. The summed E-state index contributed by atoms with van der Waals surface area (Å²) in [6.45, 7) is 5.93. The van der Waals surface area contributed by atoms with Gasteiger partial charge in [-0.05, 0) is 12.8 Å². The highest BCUT2D eigenvalue weighted by Crippen LogP contribution is 2.28. The van der Waals surface area contributed by atoms with Gasteiger partial charge in [-0.2, -0.15) is 0 Å². The molecule has 0 spiro atoms. The third kappa shape index (κ3) is 2.03. The lowest BCUT2D eigenvalue weighted by atomic mass is 9.86. The first-order valence-corrected chi connectivity index (χ1v) is 5.13. The highest BCUT2D eigenvalue weighted by atomic mass is 16.5. The topological polar surface area (TPSA) is 49.7 Å². The second kappa shape index (κ2) is 4.40. The van der Waals surface area contributed by atoms with Crippen LogP contribution in [0.2, 0.25) is 0 Å². The van der Waals surface area contributed by atoms with Crippen LogP contribution in [-0.4, -0.2) is 34.6 Å². The normalized spacial score (nSPS) is 46.4. The van der Waals surface area contributed by atoms with Gasteiger partial charge in [0, 0.05) is 5.92 Å². The van der Waals surface area contributed by atoms with E-state index in [4.69, 9.17) is 4.74 Å². The number of aliphatic hydroxyl groups is 2. The minimum absolute atomic E-state index is 0.0304. The zero-order valence-electron chi connectivity index (χ0n) is 8.60. The van der Waals surface area contributed by atoms with Gasteiger partial charge >= 0.3 is 0 Å². The van der Waals surface area contributed by atoms with Gasteiger partial charge in [0.2, 0.25) is 0 Å². The van der Waals surface area contributed by atoms with Gasteiger partial charge in [-0.15, -0.1) is 0 Å². The quantitative estimate of drug-likeness (QED) is 0.678. The van der Waals surface area contributed by atoms with Gasteiger partial charge in [0.1, 0.15) is 6.10 Å². The summed E-state index contributed by atoms with van der Waals surface area (Å²) in [4.78, 5) is 0. The number of hydrogen-bond donors (Lipinski definition) is 2. The summed E-state index contributed by atoms with van der Waals surface area (Å²) in [5, 5.41) is 19.4. The molecule has 0 bridgehead atoms. The van der Waals surface area contributed by atoms with Crippen LogP contribution >= 0.6 is 0 Å². The van der Waals surface area contributed by atoms with Gasteiger partial charge in [0.15, 0.2) is 0 Å². The Labute approximate surface area is 79.7 Å². The summed E-state index contributed by atoms with van der Waals surface area (Å²) in [6, 6.07) is 0. The van der Waals surface area contributed by atoms with E-state index in [0.29, 0.717) is 0 Å². The first-order valence-electron chi connectivity index (χ1n) is 5.13. The number of ether oxygens (including phenoxy) is 1. The van der Waals surface area contributed by atoms with Crippen molar-refractivity contribution >= 4 is 0 Å². The van der Waals surface area contributed by atoms with Crippen molar-refractivity contribution in [1.29, 1.82) is 0 Å². The zero-order chi connectivity index (χ0) is 10.0. The summed E-state index contributed by atoms with van der Waals surface area (Å²) < 4.78 is 5.67. The van der Waals surface area contributed by atoms with E-state index in [2.05, 4.69) is 0 Å². The van der Waals surface area contributed by atoms with Crippen molar-refractivity contribution in [2.75, 3.05) is 0 Å². The maximum atomic E-state index is 9.72. The van der Waals surface area contributed by atoms with Gasteiger partial charge < -0.3 is 14.9 Å². The molecule has 13 heavy (non-hydrogen) atoms. The van der Waals surface area contributed by atoms with E-state index in [0.717, 1.165) is 12.8 Å². The van der Waals surface area contributed by atoms with E-state index in [9.17, 15) is 10.2 Å². The Morgan fingerprint density at radius 3 is 2.00 bits per heavy atom. The molecule has 0 aliphatic carbocycles. The Morgan fingerprint density at radius 1 is 1.00 bits per heavy atom. The van der Waals surface area contributed by atoms with Crippen LogP contribution < -0.4 is 0 Å². The summed E-state index contributed by atoms with van der Waals surface area (Å²) in [7, 11) is 0. The van der Waals surface area contributed by atoms with Crippen molar-refractivity contribution in [3.05, 3.63) is 0 Å². The highest BCUT2D eigenvalue weighted by molar-refractivity contribution is 4.88. The minimum Gasteiger partial charge on any atom is -0.390 e. The van der Waals surface area contributed by atoms with Crippen LogP contribution in [0.25, 0.3) is 0 Å².